The molecule has 0 amide bonds. The molecule has 2 rings (SSSR count). The van der Waals surface area contributed by atoms with E-state index in [0.717, 1.165) is 19.3 Å². The van der Waals surface area contributed by atoms with Gasteiger partial charge in [0.25, 0.3) is 0 Å². The van der Waals surface area contributed by atoms with Gasteiger partial charge in [-0.25, -0.2) is 4.79 Å². The van der Waals surface area contributed by atoms with E-state index in [4.69, 9.17) is 9.47 Å². The van der Waals surface area contributed by atoms with Crippen molar-refractivity contribution in [2.24, 2.45) is 0 Å². The Kier molecular flexibility index (Phi) is 3.99. The monoisotopic (exact) mass is 250 g/mol. The summed E-state index contributed by atoms with van der Waals surface area (Å²) < 4.78 is 11.2. The van der Waals surface area contributed by atoms with Gasteiger partial charge in [0.15, 0.2) is 11.9 Å². The molecule has 1 fully saturated rings. The Morgan fingerprint density at radius 1 is 1.39 bits per heavy atom. The molecular formula is C14H18O4. The third-order valence-electron chi connectivity index (χ3n) is 3.24. The first kappa shape index (κ1) is 13.1. The molecule has 18 heavy (non-hydrogen) atoms. The van der Waals surface area contributed by atoms with Crippen LogP contribution < -0.4 is 0 Å². The van der Waals surface area contributed by atoms with E-state index in [1.165, 1.54) is 0 Å². The van der Waals surface area contributed by atoms with Gasteiger partial charge in [-0.05, 0) is 31.7 Å². The molecule has 1 aromatic carbocycles. The average Bonchev–Trinajstić information content (AvgIpc) is 2.40. The summed E-state index contributed by atoms with van der Waals surface area (Å²) in [5, 5.41) is 9.44. The highest BCUT2D eigenvalue weighted by molar-refractivity contribution is 5.78. The Labute approximate surface area is 107 Å². The number of benzene rings is 1. The maximum atomic E-state index is 11.5. The van der Waals surface area contributed by atoms with Crippen LogP contribution in [0.25, 0.3) is 0 Å². The Bertz CT molecular complexity index is 398. The Hall–Kier alpha value is -1.39. The number of aliphatic carboxylic acids is 1. The number of carbonyl (C=O) groups is 1. The number of hydrogen-bond donors (Lipinski definition) is 1. The van der Waals surface area contributed by atoms with Gasteiger partial charge in [0.05, 0.1) is 0 Å². The highest BCUT2D eigenvalue weighted by Gasteiger charge is 2.39. The fourth-order valence-electron chi connectivity index (χ4n) is 2.07. The first-order valence-corrected chi connectivity index (χ1v) is 6.21. The van der Waals surface area contributed by atoms with Crippen molar-refractivity contribution in [2.75, 3.05) is 6.61 Å². The molecule has 2 atom stereocenters. The zero-order chi connectivity index (χ0) is 13.0. The van der Waals surface area contributed by atoms with Gasteiger partial charge in [0.2, 0.25) is 0 Å². The van der Waals surface area contributed by atoms with Crippen LogP contribution in [0.15, 0.2) is 30.3 Å². The van der Waals surface area contributed by atoms with Crippen LogP contribution in [-0.2, 0) is 19.9 Å². The highest BCUT2D eigenvalue weighted by atomic mass is 16.7. The number of rotatable bonds is 4. The van der Waals surface area contributed by atoms with Crippen LogP contribution in [0, 0.1) is 0 Å². The molecule has 4 nitrogen and oxygen atoms in total. The molecule has 1 aliphatic rings. The van der Waals surface area contributed by atoms with Crippen molar-refractivity contribution in [1.82, 2.24) is 0 Å². The van der Waals surface area contributed by atoms with E-state index >= 15 is 0 Å². The third kappa shape index (κ3) is 2.71. The molecule has 0 aromatic heterocycles. The van der Waals surface area contributed by atoms with E-state index < -0.39 is 17.9 Å². The van der Waals surface area contributed by atoms with E-state index in [-0.39, 0.29) is 0 Å². The summed E-state index contributed by atoms with van der Waals surface area (Å²) >= 11 is 0. The van der Waals surface area contributed by atoms with Gasteiger partial charge in [-0.3, -0.25) is 0 Å². The lowest BCUT2D eigenvalue weighted by Gasteiger charge is -2.32. The minimum atomic E-state index is -1.36. The molecule has 0 aliphatic carbocycles. The predicted octanol–water partition coefficient (Wildman–Crippen LogP) is 2.53. The Morgan fingerprint density at radius 3 is 2.67 bits per heavy atom. The number of carboxylic acids is 1. The van der Waals surface area contributed by atoms with Crippen molar-refractivity contribution in [3.05, 3.63) is 35.9 Å². The zero-order valence-electron chi connectivity index (χ0n) is 10.5. The molecule has 98 valence electrons. The van der Waals surface area contributed by atoms with Crippen molar-refractivity contribution < 1.29 is 19.4 Å². The predicted molar refractivity (Wildman–Crippen MR) is 66.1 cm³/mol. The van der Waals surface area contributed by atoms with Gasteiger partial charge >= 0.3 is 5.97 Å². The molecule has 1 aliphatic heterocycles. The van der Waals surface area contributed by atoms with E-state index in [1.54, 1.807) is 19.1 Å². The first-order valence-electron chi connectivity index (χ1n) is 6.21. The van der Waals surface area contributed by atoms with Gasteiger partial charge in [-0.15, -0.1) is 0 Å². The lowest BCUT2D eigenvalue weighted by molar-refractivity contribution is -0.231. The number of carboxylic acid groups (broad SMARTS) is 1. The van der Waals surface area contributed by atoms with Crippen LogP contribution >= 0.6 is 0 Å². The van der Waals surface area contributed by atoms with Gasteiger partial charge in [0, 0.05) is 6.61 Å². The lowest BCUT2D eigenvalue weighted by atomic mass is 9.96. The Balaban J connectivity index is 2.19. The third-order valence-corrected chi connectivity index (χ3v) is 3.24. The van der Waals surface area contributed by atoms with Gasteiger partial charge in [-0.1, -0.05) is 30.3 Å². The number of ether oxygens (including phenoxy) is 2. The van der Waals surface area contributed by atoms with Crippen molar-refractivity contribution in [3.8, 4) is 0 Å². The normalized spacial score (nSPS) is 23.3. The molecule has 0 radical (unpaired) electrons. The van der Waals surface area contributed by atoms with Gasteiger partial charge in [-0.2, -0.15) is 0 Å². The molecule has 0 bridgehead atoms. The van der Waals surface area contributed by atoms with Crippen LogP contribution in [0.4, 0.5) is 0 Å². The fourth-order valence-corrected chi connectivity index (χ4v) is 2.07. The summed E-state index contributed by atoms with van der Waals surface area (Å²) in [5.74, 6) is -0.997. The SMILES string of the molecule is CC(OC1CCCCO1)(C(=O)O)c1ccccc1. The molecule has 0 spiro atoms. The molecular weight excluding hydrogens is 232 g/mol. The molecule has 0 saturated carbocycles. The second-order valence-corrected chi connectivity index (χ2v) is 4.62. The van der Waals surface area contributed by atoms with E-state index in [0.29, 0.717) is 12.2 Å². The summed E-state index contributed by atoms with van der Waals surface area (Å²) in [7, 11) is 0. The maximum Gasteiger partial charge on any atom is 0.340 e. The van der Waals surface area contributed by atoms with Crippen molar-refractivity contribution in [3.63, 3.8) is 0 Å². The molecule has 1 aromatic rings. The van der Waals surface area contributed by atoms with Crippen LogP contribution in [0.1, 0.15) is 31.7 Å². The topological polar surface area (TPSA) is 55.8 Å². The summed E-state index contributed by atoms with van der Waals surface area (Å²) in [5.41, 5.74) is -0.727. The summed E-state index contributed by atoms with van der Waals surface area (Å²) in [6, 6.07) is 8.99. The van der Waals surface area contributed by atoms with Crippen LogP contribution in [0.2, 0.25) is 0 Å². The molecule has 1 saturated heterocycles. The summed E-state index contributed by atoms with van der Waals surface area (Å²) in [6.07, 6.45) is 2.33. The average molecular weight is 250 g/mol. The minimum absolute atomic E-state index is 0.431. The maximum absolute atomic E-state index is 11.5. The van der Waals surface area contributed by atoms with Crippen molar-refractivity contribution in [1.29, 1.82) is 0 Å². The van der Waals surface area contributed by atoms with Crippen LogP contribution in [0.5, 0.6) is 0 Å². The quantitative estimate of drug-likeness (QED) is 0.892. The molecule has 2 unspecified atom stereocenters. The smallest absolute Gasteiger partial charge is 0.340 e. The van der Waals surface area contributed by atoms with Crippen molar-refractivity contribution in [2.45, 2.75) is 38.1 Å². The zero-order valence-corrected chi connectivity index (χ0v) is 10.5. The Morgan fingerprint density at radius 2 is 2.11 bits per heavy atom. The lowest BCUT2D eigenvalue weighted by Crippen LogP contribution is -2.40. The second kappa shape index (κ2) is 5.50. The second-order valence-electron chi connectivity index (χ2n) is 4.62. The highest BCUT2D eigenvalue weighted by Crippen LogP contribution is 2.30. The van der Waals surface area contributed by atoms with E-state index in [2.05, 4.69) is 0 Å². The minimum Gasteiger partial charge on any atom is -0.479 e. The first-order chi connectivity index (χ1) is 8.63. The summed E-state index contributed by atoms with van der Waals surface area (Å²) in [6.45, 7) is 2.21. The van der Waals surface area contributed by atoms with E-state index in [1.807, 2.05) is 18.2 Å². The van der Waals surface area contributed by atoms with Crippen LogP contribution in [-0.4, -0.2) is 24.0 Å². The molecule has 1 N–H and O–H groups in total. The van der Waals surface area contributed by atoms with Gasteiger partial charge in [0.1, 0.15) is 0 Å². The van der Waals surface area contributed by atoms with Gasteiger partial charge < -0.3 is 14.6 Å². The van der Waals surface area contributed by atoms with E-state index in [9.17, 15) is 9.90 Å². The summed E-state index contributed by atoms with van der Waals surface area (Å²) in [4.78, 5) is 11.5. The number of hydrogen-bond acceptors (Lipinski definition) is 3. The molecule has 4 heteroatoms. The largest absolute Gasteiger partial charge is 0.479 e. The fraction of sp³-hybridized carbons (Fsp3) is 0.500. The molecule has 1 heterocycles. The standard InChI is InChI=1S/C14H18O4/c1-14(13(15)16,11-7-3-2-4-8-11)18-12-9-5-6-10-17-12/h2-4,7-8,12H,5-6,9-10H2,1H3,(H,15,16). The van der Waals surface area contributed by atoms with Crippen molar-refractivity contribution >= 4 is 5.97 Å². The van der Waals surface area contributed by atoms with Crippen LogP contribution in [0.3, 0.4) is 0 Å².